The van der Waals surface area contributed by atoms with Gasteiger partial charge in [-0.15, -0.1) is 0 Å². The predicted molar refractivity (Wildman–Crippen MR) is 566 cm³/mol. The maximum Gasteiger partial charge on any atom is 0.145 e. The minimum absolute atomic E-state index is 0.913. The second kappa shape index (κ2) is 31.4. The van der Waals surface area contributed by atoms with E-state index >= 15 is 0 Å². The fourth-order valence-corrected chi connectivity index (χ4v) is 21.8. The van der Waals surface area contributed by atoms with E-state index in [1.54, 1.807) is 0 Å². The molecule has 28 rings (SSSR count). The lowest BCUT2D eigenvalue weighted by Crippen LogP contribution is -1.98. The lowest BCUT2D eigenvalue weighted by molar-refractivity contribution is 1.10. The molecule has 0 fully saturated rings. The van der Waals surface area contributed by atoms with Crippen LogP contribution < -0.4 is 0 Å². The largest absolute Gasteiger partial charge is 0.309 e. The predicted octanol–water partition coefficient (Wildman–Crippen LogP) is 33.3. The minimum Gasteiger partial charge on any atom is -0.309 e. The first-order valence-corrected chi connectivity index (χ1v) is 46.3. The quantitative estimate of drug-likeness (QED) is 0.113. The van der Waals surface area contributed by atoms with Crippen molar-refractivity contribution < 1.29 is 0 Å². The van der Waals surface area contributed by atoms with Crippen molar-refractivity contribution in [2.24, 2.45) is 0 Å². The summed E-state index contributed by atoms with van der Waals surface area (Å²) >= 11 is 0. The molecule has 0 radical (unpaired) electrons. The zero-order valence-electron chi connectivity index (χ0n) is 73.4. The van der Waals surface area contributed by atoms with Crippen molar-refractivity contribution in [2.75, 3.05) is 0 Å². The number of fused-ring (bicyclic) bond motifs is 19. The number of nitrogens with zero attached hydrogens (tertiary/aromatic N) is 8. The Morgan fingerprint density at radius 2 is 0.363 bits per heavy atom. The Morgan fingerprint density at radius 1 is 0.126 bits per heavy atom. The molecule has 8 heteroatoms. The van der Waals surface area contributed by atoms with Crippen LogP contribution in [0.15, 0.2) is 497 Å². The highest BCUT2D eigenvalue weighted by molar-refractivity contribution is 6.23. The first-order valence-electron chi connectivity index (χ1n) is 46.3. The van der Waals surface area contributed by atoms with Crippen molar-refractivity contribution in [1.82, 2.24) is 37.0 Å². The third-order valence-corrected chi connectivity index (χ3v) is 27.8. The van der Waals surface area contributed by atoms with Crippen LogP contribution in [-0.2, 0) is 0 Å². The van der Waals surface area contributed by atoms with Crippen molar-refractivity contribution >= 4 is 142 Å². The second-order valence-corrected chi connectivity index (χ2v) is 35.3. The summed E-state index contributed by atoms with van der Waals surface area (Å²) in [6.07, 6.45) is 0. The zero-order chi connectivity index (χ0) is 88.7. The third kappa shape index (κ3) is 12.5. The Hall–Kier alpha value is -18.1. The molecule has 630 valence electrons. The molecule has 0 atom stereocenters. The summed E-state index contributed by atoms with van der Waals surface area (Å²) in [5, 5.41) is 14.8. The molecule has 0 amide bonds. The summed E-state index contributed by atoms with van der Waals surface area (Å²) in [5.41, 5.74) is 37.2. The molecular formula is C127H82N8. The van der Waals surface area contributed by atoms with Crippen molar-refractivity contribution in [3.8, 4) is 107 Å². The van der Waals surface area contributed by atoms with E-state index in [9.17, 15) is 0 Å². The summed E-state index contributed by atoms with van der Waals surface area (Å²) in [6.45, 7) is 0. The fraction of sp³-hybridized carbons (Fsp3) is 0. The summed E-state index contributed by atoms with van der Waals surface area (Å²) in [6, 6.07) is 181. The van der Waals surface area contributed by atoms with Crippen LogP contribution in [0.25, 0.3) is 249 Å². The van der Waals surface area contributed by atoms with Gasteiger partial charge in [-0.25, -0.2) is 4.98 Å². The first-order chi connectivity index (χ1) is 67.0. The smallest absolute Gasteiger partial charge is 0.145 e. The van der Waals surface area contributed by atoms with E-state index < -0.39 is 0 Å². The Balaban J connectivity index is 0.000000155. The van der Waals surface area contributed by atoms with Gasteiger partial charge in [-0.05, 0) is 268 Å². The molecule has 28 aromatic rings. The Morgan fingerprint density at radius 3 is 0.748 bits per heavy atom. The van der Waals surface area contributed by atoms with E-state index in [1.165, 1.54) is 165 Å². The molecule has 0 unspecified atom stereocenters. The van der Waals surface area contributed by atoms with Crippen molar-refractivity contribution in [3.63, 3.8) is 0 Å². The minimum atomic E-state index is 0.913. The van der Waals surface area contributed by atoms with E-state index in [0.29, 0.717) is 0 Å². The van der Waals surface area contributed by atoms with Gasteiger partial charge in [0.05, 0.1) is 77.2 Å². The fourth-order valence-electron chi connectivity index (χ4n) is 21.8. The standard InChI is InChI=1S/C79H51N5.C48H31N3/c1-6-18-52(19-7-1)56-32-40-72-65(46-56)67-49-59(35-43-73(67)82(72)63-37-30-55(31-38-63)79-80-71-28-16-17-29-78(71)84(79)62-26-14-5-15-27-62)60-36-44-76-68(50-60)66-47-57(53-20-8-2-9-21-53)34-42-75(66)83(76)64-39-45-77-70(51-64)69-48-58(54-22-10-3-11-23-54)33-41-74(69)81(77)61-24-12-4-13-25-61;1-3-15-32(16-4-1)49-41-24-10-7-19-35(41)40-31-34(29-30-44(40)49)51-43-26-12-9-21-39(43)48-37(23-14-28-46(48)51)36-22-13-27-45-47(36)38-20-8-11-25-42(38)50(45)33-17-5-2-6-18-33/h1-51H;1-31H. The first kappa shape index (κ1) is 76.9. The van der Waals surface area contributed by atoms with Gasteiger partial charge in [-0.3, -0.25) is 4.57 Å². The van der Waals surface area contributed by atoms with E-state index in [1.807, 2.05) is 0 Å². The molecule has 0 aliphatic heterocycles. The maximum atomic E-state index is 5.20. The highest BCUT2D eigenvalue weighted by atomic mass is 15.1. The van der Waals surface area contributed by atoms with Crippen LogP contribution in [0.2, 0.25) is 0 Å². The topological polar surface area (TPSA) is 47.4 Å². The van der Waals surface area contributed by atoms with Crippen molar-refractivity contribution in [2.45, 2.75) is 0 Å². The number of imidazole rings is 1. The summed E-state index contributed by atoms with van der Waals surface area (Å²) < 4.78 is 16.8. The van der Waals surface area contributed by atoms with Crippen LogP contribution in [0.4, 0.5) is 0 Å². The van der Waals surface area contributed by atoms with Gasteiger partial charge in [0, 0.05) is 110 Å². The number of hydrogen-bond donors (Lipinski definition) is 0. The van der Waals surface area contributed by atoms with E-state index in [2.05, 4.69) is 529 Å². The average Bonchev–Trinajstić information content (AvgIpc) is 1.56. The molecule has 0 saturated heterocycles. The molecule has 0 N–H and O–H groups in total. The van der Waals surface area contributed by atoms with Gasteiger partial charge in [0.2, 0.25) is 0 Å². The van der Waals surface area contributed by atoms with Crippen LogP contribution in [0.5, 0.6) is 0 Å². The van der Waals surface area contributed by atoms with Gasteiger partial charge in [-0.2, -0.15) is 0 Å². The molecule has 0 bridgehead atoms. The molecule has 0 spiro atoms. The van der Waals surface area contributed by atoms with Crippen molar-refractivity contribution in [1.29, 1.82) is 0 Å². The lowest BCUT2D eigenvalue weighted by Gasteiger charge is -2.12. The molecule has 135 heavy (non-hydrogen) atoms. The van der Waals surface area contributed by atoms with Gasteiger partial charge >= 0.3 is 0 Å². The van der Waals surface area contributed by atoms with Gasteiger partial charge in [0.15, 0.2) is 0 Å². The normalized spacial score (nSPS) is 11.9. The van der Waals surface area contributed by atoms with Crippen LogP contribution in [0.3, 0.4) is 0 Å². The van der Waals surface area contributed by atoms with Gasteiger partial charge in [0.1, 0.15) is 5.82 Å². The number of benzene rings is 21. The molecule has 0 saturated carbocycles. The molecular weight excluding hydrogens is 1640 g/mol. The maximum absolute atomic E-state index is 5.20. The highest BCUT2D eigenvalue weighted by Crippen LogP contribution is 2.48. The Bertz CT molecular complexity index is 9570. The van der Waals surface area contributed by atoms with Gasteiger partial charge in [0.25, 0.3) is 0 Å². The monoisotopic (exact) mass is 1720 g/mol. The van der Waals surface area contributed by atoms with Crippen LogP contribution in [0, 0.1) is 0 Å². The molecule has 7 aromatic heterocycles. The van der Waals surface area contributed by atoms with Crippen molar-refractivity contribution in [3.05, 3.63) is 497 Å². The lowest BCUT2D eigenvalue weighted by atomic mass is 9.95. The zero-order valence-corrected chi connectivity index (χ0v) is 73.4. The van der Waals surface area contributed by atoms with Gasteiger partial charge < -0.3 is 27.4 Å². The van der Waals surface area contributed by atoms with E-state index in [4.69, 9.17) is 4.98 Å². The van der Waals surface area contributed by atoms with Crippen LogP contribution in [-0.4, -0.2) is 37.0 Å². The summed E-state index contributed by atoms with van der Waals surface area (Å²) in [7, 11) is 0. The molecule has 7 heterocycles. The average molecular weight is 1720 g/mol. The van der Waals surface area contributed by atoms with Crippen LogP contribution >= 0.6 is 0 Å². The van der Waals surface area contributed by atoms with Crippen LogP contribution in [0.1, 0.15) is 0 Å². The molecule has 0 aliphatic rings. The molecule has 0 aliphatic carbocycles. The Labute approximate surface area is 777 Å². The summed E-state index contributed by atoms with van der Waals surface area (Å²) in [5.74, 6) is 0.913. The summed E-state index contributed by atoms with van der Waals surface area (Å²) in [4.78, 5) is 5.20. The highest BCUT2D eigenvalue weighted by Gasteiger charge is 2.26. The number of para-hydroxylation sites is 9. The van der Waals surface area contributed by atoms with Gasteiger partial charge in [-0.1, -0.05) is 285 Å². The second-order valence-electron chi connectivity index (χ2n) is 35.3. The van der Waals surface area contributed by atoms with E-state index in [0.717, 1.165) is 84.1 Å². The number of hydrogen-bond acceptors (Lipinski definition) is 1. The molecule has 21 aromatic carbocycles. The third-order valence-electron chi connectivity index (χ3n) is 27.8. The van der Waals surface area contributed by atoms with E-state index in [-0.39, 0.29) is 0 Å². The Kier molecular flexibility index (Phi) is 17.9. The number of aromatic nitrogens is 8. The molecule has 8 nitrogen and oxygen atoms in total. The number of rotatable bonds is 13. The SMILES string of the molecule is c1ccc(-c2ccc3c(c2)c2cc(-c4ccc5c(c4)c4cc(-c6ccccc6)ccc4n5-c4ccc5c(c4)c4cc(-c6ccccc6)ccc4n5-c4ccccc4)ccc2n3-c2ccc(-c3nc4ccccc4n3-c3ccccc3)cc2)cc1.c1ccc(-n2c3ccccc3c3cc(-n4c5ccccc5c5c(-c6cccc7c6c6ccccc6n7-c6ccccc6)cccc54)ccc32)cc1.